The van der Waals surface area contributed by atoms with Crippen LogP contribution in [0.5, 0.6) is 0 Å². The number of rotatable bonds is 8. The van der Waals surface area contributed by atoms with E-state index < -0.39 is 11.4 Å². The van der Waals surface area contributed by atoms with Gasteiger partial charge in [0.05, 0.1) is 13.2 Å². The maximum absolute atomic E-state index is 12.2. The van der Waals surface area contributed by atoms with Crippen molar-refractivity contribution in [2.45, 2.75) is 54.0 Å². The quantitative estimate of drug-likeness (QED) is 0.503. The van der Waals surface area contributed by atoms with E-state index in [1.165, 1.54) is 0 Å². The standard InChI is InChI=1S/C15H29NO3/c1-8-19-14(18)15(5,6)13(17)10-16(7)12(4)9-11(2)3/h11-12H,8-10H2,1-7H3. The van der Waals surface area contributed by atoms with Gasteiger partial charge < -0.3 is 4.74 Å². The Balaban J connectivity index is 4.54. The van der Waals surface area contributed by atoms with E-state index >= 15 is 0 Å². The molecule has 112 valence electrons. The molecule has 19 heavy (non-hydrogen) atoms. The van der Waals surface area contributed by atoms with Crippen molar-refractivity contribution in [3.05, 3.63) is 0 Å². The molecule has 0 amide bonds. The molecule has 0 aromatic rings. The van der Waals surface area contributed by atoms with Crippen LogP contribution in [-0.2, 0) is 14.3 Å². The third-order valence-corrected chi connectivity index (χ3v) is 3.44. The van der Waals surface area contributed by atoms with Gasteiger partial charge in [-0.25, -0.2) is 0 Å². The minimum absolute atomic E-state index is 0.0935. The number of hydrogen-bond donors (Lipinski definition) is 0. The SMILES string of the molecule is CCOC(=O)C(C)(C)C(=O)CN(C)C(C)CC(C)C. The summed E-state index contributed by atoms with van der Waals surface area (Å²) >= 11 is 0. The van der Waals surface area contributed by atoms with Crippen LogP contribution in [0.1, 0.15) is 48.0 Å². The van der Waals surface area contributed by atoms with Crippen molar-refractivity contribution in [2.24, 2.45) is 11.3 Å². The Morgan fingerprint density at radius 1 is 1.21 bits per heavy atom. The van der Waals surface area contributed by atoms with Crippen molar-refractivity contribution in [3.63, 3.8) is 0 Å². The zero-order chi connectivity index (χ0) is 15.2. The monoisotopic (exact) mass is 271 g/mol. The Morgan fingerprint density at radius 3 is 2.16 bits per heavy atom. The van der Waals surface area contributed by atoms with E-state index in [0.717, 1.165) is 6.42 Å². The molecule has 0 rings (SSSR count). The molecule has 4 nitrogen and oxygen atoms in total. The molecule has 0 fully saturated rings. The fourth-order valence-electron chi connectivity index (χ4n) is 1.87. The lowest BCUT2D eigenvalue weighted by atomic mass is 9.87. The summed E-state index contributed by atoms with van der Waals surface area (Å²) in [7, 11) is 1.92. The van der Waals surface area contributed by atoms with E-state index in [0.29, 0.717) is 18.6 Å². The van der Waals surface area contributed by atoms with Crippen LogP contribution in [0.4, 0.5) is 0 Å². The second-order valence-corrected chi connectivity index (χ2v) is 6.16. The summed E-state index contributed by atoms with van der Waals surface area (Å²) in [4.78, 5) is 26.0. The summed E-state index contributed by atoms with van der Waals surface area (Å²) in [5, 5.41) is 0. The van der Waals surface area contributed by atoms with Crippen LogP contribution in [0.15, 0.2) is 0 Å². The van der Waals surface area contributed by atoms with Gasteiger partial charge in [0.2, 0.25) is 0 Å². The van der Waals surface area contributed by atoms with Crippen molar-refractivity contribution in [1.82, 2.24) is 4.90 Å². The predicted octanol–water partition coefficient (Wildman–Crippen LogP) is 2.51. The van der Waals surface area contributed by atoms with Gasteiger partial charge in [-0.3, -0.25) is 14.5 Å². The van der Waals surface area contributed by atoms with Crippen molar-refractivity contribution >= 4 is 11.8 Å². The number of esters is 1. The zero-order valence-electron chi connectivity index (χ0n) is 13.4. The minimum atomic E-state index is -1.07. The van der Waals surface area contributed by atoms with Gasteiger partial charge in [0.25, 0.3) is 0 Å². The summed E-state index contributed by atoms with van der Waals surface area (Å²) in [5.74, 6) is 0.0552. The Kier molecular flexibility index (Phi) is 7.27. The molecule has 0 bridgehead atoms. The van der Waals surface area contributed by atoms with E-state index in [2.05, 4.69) is 20.8 Å². The molecule has 0 saturated carbocycles. The lowest BCUT2D eigenvalue weighted by Gasteiger charge is -2.29. The molecule has 1 unspecified atom stereocenters. The first-order chi connectivity index (χ1) is 8.62. The number of nitrogens with zero attached hydrogens (tertiary/aromatic N) is 1. The first kappa shape index (κ1) is 18.1. The van der Waals surface area contributed by atoms with Crippen LogP contribution in [0.2, 0.25) is 0 Å². The summed E-state index contributed by atoms with van der Waals surface area (Å²) < 4.78 is 4.96. The molecule has 0 heterocycles. The van der Waals surface area contributed by atoms with Crippen LogP contribution in [0.3, 0.4) is 0 Å². The summed E-state index contributed by atoms with van der Waals surface area (Å²) in [5.41, 5.74) is -1.07. The third-order valence-electron chi connectivity index (χ3n) is 3.44. The number of hydrogen-bond acceptors (Lipinski definition) is 4. The van der Waals surface area contributed by atoms with E-state index in [4.69, 9.17) is 4.74 Å². The molecule has 1 atom stereocenters. The van der Waals surface area contributed by atoms with Gasteiger partial charge in [0.15, 0.2) is 5.78 Å². The van der Waals surface area contributed by atoms with Crippen LogP contribution in [-0.4, -0.2) is 42.9 Å². The molecule has 0 spiro atoms. The molecule has 0 N–H and O–H groups in total. The largest absolute Gasteiger partial charge is 0.465 e. The van der Waals surface area contributed by atoms with Gasteiger partial charge in [-0.1, -0.05) is 13.8 Å². The predicted molar refractivity (Wildman–Crippen MR) is 77.0 cm³/mol. The fourth-order valence-corrected chi connectivity index (χ4v) is 1.87. The molecular formula is C15H29NO3. The van der Waals surface area contributed by atoms with E-state index in [1.54, 1.807) is 20.8 Å². The molecular weight excluding hydrogens is 242 g/mol. The smallest absolute Gasteiger partial charge is 0.319 e. The lowest BCUT2D eigenvalue weighted by molar-refractivity contribution is -0.158. The molecule has 0 aliphatic carbocycles. The number of Topliss-reactive ketones (excluding diaryl/α,β-unsaturated/α-hetero) is 1. The number of ether oxygens (including phenoxy) is 1. The first-order valence-corrected chi connectivity index (χ1v) is 7.03. The van der Waals surface area contributed by atoms with Gasteiger partial charge in [-0.05, 0) is 47.1 Å². The molecule has 0 aromatic carbocycles. The van der Waals surface area contributed by atoms with Gasteiger partial charge in [-0.15, -0.1) is 0 Å². The Labute approximate surface area is 117 Å². The maximum Gasteiger partial charge on any atom is 0.319 e. The van der Waals surface area contributed by atoms with Crippen LogP contribution in [0.25, 0.3) is 0 Å². The Morgan fingerprint density at radius 2 is 1.74 bits per heavy atom. The van der Waals surface area contributed by atoms with Crippen molar-refractivity contribution in [1.29, 1.82) is 0 Å². The summed E-state index contributed by atoms with van der Waals surface area (Å²) in [6.07, 6.45) is 1.03. The van der Waals surface area contributed by atoms with Crippen molar-refractivity contribution in [2.75, 3.05) is 20.2 Å². The van der Waals surface area contributed by atoms with Crippen molar-refractivity contribution < 1.29 is 14.3 Å². The second-order valence-electron chi connectivity index (χ2n) is 6.16. The van der Waals surface area contributed by atoms with E-state index in [-0.39, 0.29) is 12.3 Å². The van der Waals surface area contributed by atoms with Gasteiger partial charge in [-0.2, -0.15) is 0 Å². The Bertz CT molecular complexity index is 311. The normalized spacial score (nSPS) is 13.7. The van der Waals surface area contributed by atoms with Gasteiger partial charge in [0.1, 0.15) is 5.41 Å². The molecule has 0 saturated heterocycles. The highest BCUT2D eigenvalue weighted by atomic mass is 16.5. The summed E-state index contributed by atoms with van der Waals surface area (Å²) in [6.45, 7) is 12.0. The molecule has 0 radical (unpaired) electrons. The van der Waals surface area contributed by atoms with Gasteiger partial charge in [0, 0.05) is 6.04 Å². The first-order valence-electron chi connectivity index (χ1n) is 7.03. The average molecular weight is 271 g/mol. The fraction of sp³-hybridized carbons (Fsp3) is 0.867. The third kappa shape index (κ3) is 5.72. The highest BCUT2D eigenvalue weighted by Gasteiger charge is 2.37. The lowest BCUT2D eigenvalue weighted by Crippen LogP contribution is -2.43. The number of ketones is 1. The number of carbonyl (C=O) groups excluding carboxylic acids is 2. The van der Waals surface area contributed by atoms with E-state index in [9.17, 15) is 9.59 Å². The minimum Gasteiger partial charge on any atom is -0.465 e. The topological polar surface area (TPSA) is 46.6 Å². The average Bonchev–Trinajstić information content (AvgIpc) is 2.27. The van der Waals surface area contributed by atoms with Crippen molar-refractivity contribution in [3.8, 4) is 0 Å². The zero-order valence-corrected chi connectivity index (χ0v) is 13.4. The maximum atomic E-state index is 12.2. The van der Waals surface area contributed by atoms with Crippen LogP contribution >= 0.6 is 0 Å². The molecule has 4 heteroatoms. The van der Waals surface area contributed by atoms with E-state index in [1.807, 2.05) is 11.9 Å². The van der Waals surface area contributed by atoms with Gasteiger partial charge >= 0.3 is 5.97 Å². The molecule has 0 aromatic heterocycles. The van der Waals surface area contributed by atoms with Crippen LogP contribution in [0, 0.1) is 11.3 Å². The Hall–Kier alpha value is -0.900. The number of likely N-dealkylation sites (N-methyl/N-ethyl adjacent to an activating group) is 1. The molecule has 0 aliphatic rings. The van der Waals surface area contributed by atoms with Crippen LogP contribution < -0.4 is 0 Å². The highest BCUT2D eigenvalue weighted by Crippen LogP contribution is 2.20. The summed E-state index contributed by atoms with van der Waals surface area (Å²) in [6, 6.07) is 0.321. The molecule has 0 aliphatic heterocycles. The highest BCUT2D eigenvalue weighted by molar-refractivity contribution is 6.03. The number of carbonyl (C=O) groups is 2. The second kappa shape index (κ2) is 7.63.